The largest absolute Gasteiger partial charge is 0.406 e. The van der Waals surface area contributed by atoms with E-state index in [2.05, 4.69) is 10.3 Å². The van der Waals surface area contributed by atoms with Gasteiger partial charge in [-0.25, -0.2) is 0 Å². The highest BCUT2D eigenvalue weighted by molar-refractivity contribution is 6.35. The highest BCUT2D eigenvalue weighted by Gasteiger charge is 2.42. The topological polar surface area (TPSA) is 61.8 Å². The fourth-order valence-electron chi connectivity index (χ4n) is 3.62. The molecule has 1 fully saturated rings. The van der Waals surface area contributed by atoms with Crippen LogP contribution in [0.1, 0.15) is 24.0 Å². The van der Waals surface area contributed by atoms with Crippen LogP contribution in [0.2, 0.25) is 10.0 Å². The van der Waals surface area contributed by atoms with Crippen molar-refractivity contribution in [3.63, 3.8) is 0 Å². The van der Waals surface area contributed by atoms with Gasteiger partial charge in [0.25, 0.3) is 5.91 Å². The summed E-state index contributed by atoms with van der Waals surface area (Å²) in [7, 11) is 0. The Labute approximate surface area is 192 Å². The standard InChI is InChI=1S/C22H18Cl2F3N3O2/c23-14-8-7-13(16(24)10-14)9-18(31)28-20-21(32)30(11-22(25,26)27)17-4-2-1-3-15(17)19(29-20)12-5-6-12/h1-4,7-8,10,12,20H,5-6,9,11H2,(H,28,31). The molecule has 1 aliphatic heterocycles. The van der Waals surface area contributed by atoms with Gasteiger partial charge in [-0.3, -0.25) is 19.5 Å². The molecule has 1 heterocycles. The average Bonchev–Trinajstić information content (AvgIpc) is 3.55. The number of hydrogen-bond donors (Lipinski definition) is 1. The second-order valence-corrected chi connectivity index (χ2v) is 8.57. The summed E-state index contributed by atoms with van der Waals surface area (Å²) in [6.07, 6.45) is -4.64. The molecule has 1 N–H and O–H groups in total. The van der Waals surface area contributed by atoms with Gasteiger partial charge in [-0.2, -0.15) is 13.2 Å². The SMILES string of the molecule is O=C(Cc1ccc(Cl)cc1Cl)NC1N=C(C2CC2)c2ccccc2N(CC(F)(F)F)C1=O. The summed E-state index contributed by atoms with van der Waals surface area (Å²) < 4.78 is 40.0. The third kappa shape index (κ3) is 5.07. The van der Waals surface area contributed by atoms with Crippen molar-refractivity contribution in [2.45, 2.75) is 31.6 Å². The zero-order valence-corrected chi connectivity index (χ0v) is 18.1. The number of hydrogen-bond acceptors (Lipinski definition) is 3. The maximum absolute atomic E-state index is 13.3. The van der Waals surface area contributed by atoms with Crippen LogP contribution in [0.5, 0.6) is 0 Å². The number of fused-ring (bicyclic) bond motifs is 1. The summed E-state index contributed by atoms with van der Waals surface area (Å²) in [5, 5.41) is 3.16. The third-order valence-corrected chi connectivity index (χ3v) is 5.79. The Morgan fingerprint density at radius 2 is 1.88 bits per heavy atom. The fraction of sp³-hybridized carbons (Fsp3) is 0.318. The Bertz CT molecular complexity index is 1100. The Morgan fingerprint density at radius 3 is 2.53 bits per heavy atom. The number of halogens is 5. The third-order valence-electron chi connectivity index (χ3n) is 5.20. The molecule has 1 aliphatic carbocycles. The number of amides is 2. The lowest BCUT2D eigenvalue weighted by molar-refractivity contribution is -0.134. The number of nitrogens with zero attached hydrogens (tertiary/aromatic N) is 2. The smallest absolute Gasteiger partial charge is 0.326 e. The van der Waals surface area contributed by atoms with Crippen LogP contribution in [0.4, 0.5) is 18.9 Å². The highest BCUT2D eigenvalue weighted by atomic mass is 35.5. The maximum Gasteiger partial charge on any atom is 0.406 e. The van der Waals surface area contributed by atoms with Crippen LogP contribution in [-0.2, 0) is 16.0 Å². The minimum absolute atomic E-state index is 0.0416. The first-order chi connectivity index (χ1) is 15.1. The molecule has 2 aromatic rings. The molecule has 0 bridgehead atoms. The molecule has 2 amide bonds. The van der Waals surface area contributed by atoms with Crippen molar-refractivity contribution in [1.82, 2.24) is 5.32 Å². The molecule has 0 aromatic heterocycles. The van der Waals surface area contributed by atoms with Crippen LogP contribution in [0, 0.1) is 5.92 Å². The Kier molecular flexibility index (Phi) is 6.18. The number of carbonyl (C=O) groups is 2. The molecule has 1 saturated carbocycles. The molecule has 2 aliphatic rings. The monoisotopic (exact) mass is 483 g/mol. The Balaban J connectivity index is 1.65. The van der Waals surface area contributed by atoms with E-state index in [1.54, 1.807) is 30.3 Å². The summed E-state index contributed by atoms with van der Waals surface area (Å²) in [6, 6.07) is 11.0. The van der Waals surface area contributed by atoms with Gasteiger partial charge < -0.3 is 5.32 Å². The lowest BCUT2D eigenvalue weighted by atomic mass is 10.0. The number of anilines is 1. The predicted octanol–water partition coefficient (Wildman–Crippen LogP) is 4.79. The number of alkyl halides is 3. The van der Waals surface area contributed by atoms with Crippen molar-refractivity contribution >= 4 is 46.4 Å². The minimum atomic E-state index is -4.63. The van der Waals surface area contributed by atoms with E-state index in [1.807, 2.05) is 0 Å². The van der Waals surface area contributed by atoms with E-state index in [9.17, 15) is 22.8 Å². The van der Waals surface area contributed by atoms with E-state index in [1.165, 1.54) is 12.1 Å². The van der Waals surface area contributed by atoms with E-state index in [-0.39, 0.29) is 23.0 Å². The number of carbonyl (C=O) groups excluding carboxylic acids is 2. The van der Waals surface area contributed by atoms with Gasteiger partial charge in [0.05, 0.1) is 17.8 Å². The predicted molar refractivity (Wildman–Crippen MR) is 116 cm³/mol. The number of rotatable bonds is 5. The van der Waals surface area contributed by atoms with Gasteiger partial charge in [-0.15, -0.1) is 0 Å². The molecule has 32 heavy (non-hydrogen) atoms. The average molecular weight is 484 g/mol. The van der Waals surface area contributed by atoms with E-state index in [4.69, 9.17) is 23.2 Å². The van der Waals surface area contributed by atoms with Gasteiger partial charge in [0.1, 0.15) is 6.54 Å². The number of nitrogens with one attached hydrogen (secondary N) is 1. The van der Waals surface area contributed by atoms with E-state index in [0.717, 1.165) is 12.8 Å². The number of para-hydroxylation sites is 1. The molecule has 1 unspecified atom stereocenters. The second kappa shape index (κ2) is 8.75. The van der Waals surface area contributed by atoms with Crippen LogP contribution in [-0.4, -0.2) is 36.4 Å². The highest BCUT2D eigenvalue weighted by Crippen LogP contribution is 2.38. The number of benzodiazepines with no additional fused rings is 1. The van der Waals surface area contributed by atoms with Gasteiger partial charge in [0.2, 0.25) is 12.1 Å². The normalized spacial score (nSPS) is 18.7. The summed E-state index contributed by atoms with van der Waals surface area (Å²) in [5.41, 5.74) is 1.62. The summed E-state index contributed by atoms with van der Waals surface area (Å²) in [4.78, 5) is 30.9. The summed E-state index contributed by atoms with van der Waals surface area (Å²) >= 11 is 12.0. The van der Waals surface area contributed by atoms with E-state index >= 15 is 0 Å². The van der Waals surface area contributed by atoms with E-state index < -0.39 is 30.7 Å². The molecule has 10 heteroatoms. The van der Waals surface area contributed by atoms with Crippen LogP contribution in [0.25, 0.3) is 0 Å². The zero-order chi connectivity index (χ0) is 23.0. The first kappa shape index (κ1) is 22.6. The Hall–Kier alpha value is -2.58. The van der Waals surface area contributed by atoms with Crippen LogP contribution in [0.3, 0.4) is 0 Å². The lowest BCUT2D eigenvalue weighted by Crippen LogP contribution is -2.50. The summed E-state index contributed by atoms with van der Waals surface area (Å²) in [6.45, 7) is -1.48. The van der Waals surface area contributed by atoms with Crippen molar-refractivity contribution in [2.75, 3.05) is 11.4 Å². The van der Waals surface area contributed by atoms with Crippen molar-refractivity contribution < 1.29 is 22.8 Å². The fourth-order valence-corrected chi connectivity index (χ4v) is 4.09. The number of benzene rings is 2. The van der Waals surface area contributed by atoms with Gasteiger partial charge in [-0.1, -0.05) is 47.5 Å². The maximum atomic E-state index is 13.3. The van der Waals surface area contributed by atoms with Crippen molar-refractivity contribution in [2.24, 2.45) is 10.9 Å². The first-order valence-electron chi connectivity index (χ1n) is 9.91. The number of aliphatic imine (C=N–C) groups is 1. The van der Waals surface area contributed by atoms with Crippen molar-refractivity contribution in [3.05, 3.63) is 63.6 Å². The van der Waals surface area contributed by atoms with Gasteiger partial charge in [0.15, 0.2) is 0 Å². The molecule has 0 spiro atoms. The van der Waals surface area contributed by atoms with Crippen molar-refractivity contribution in [1.29, 1.82) is 0 Å². The van der Waals surface area contributed by atoms with Gasteiger partial charge in [-0.05, 0) is 36.6 Å². The zero-order valence-electron chi connectivity index (χ0n) is 16.6. The first-order valence-corrected chi connectivity index (χ1v) is 10.7. The molecular formula is C22H18Cl2F3N3O2. The molecule has 1 atom stereocenters. The van der Waals surface area contributed by atoms with E-state index in [0.29, 0.717) is 26.8 Å². The lowest BCUT2D eigenvalue weighted by Gasteiger charge is -2.26. The van der Waals surface area contributed by atoms with Crippen LogP contribution >= 0.6 is 23.2 Å². The molecule has 0 radical (unpaired) electrons. The molecule has 5 nitrogen and oxygen atoms in total. The molecule has 2 aromatic carbocycles. The molecular weight excluding hydrogens is 466 g/mol. The molecule has 0 saturated heterocycles. The van der Waals surface area contributed by atoms with Gasteiger partial charge in [0, 0.05) is 21.5 Å². The molecule has 4 rings (SSSR count). The van der Waals surface area contributed by atoms with Gasteiger partial charge >= 0.3 is 6.18 Å². The van der Waals surface area contributed by atoms with Crippen LogP contribution < -0.4 is 10.2 Å². The summed E-state index contributed by atoms with van der Waals surface area (Å²) in [5.74, 6) is -1.50. The quantitative estimate of drug-likeness (QED) is 0.664. The second-order valence-electron chi connectivity index (χ2n) is 7.73. The minimum Gasteiger partial charge on any atom is -0.326 e. The van der Waals surface area contributed by atoms with Crippen LogP contribution in [0.15, 0.2) is 47.5 Å². The Morgan fingerprint density at radius 1 is 1.16 bits per heavy atom. The van der Waals surface area contributed by atoms with Crippen molar-refractivity contribution in [3.8, 4) is 0 Å². The molecule has 168 valence electrons.